The van der Waals surface area contributed by atoms with Crippen LogP contribution >= 0.6 is 0 Å². The number of likely N-dealkylation sites (tertiary alicyclic amines) is 1. The van der Waals surface area contributed by atoms with Gasteiger partial charge in [0.1, 0.15) is 6.54 Å². The molecule has 1 aromatic heterocycles. The number of aryl methyl sites for hydroxylation is 1. The SMILES string of the molecule is CCN(CC)S(=O)(=O)c1ccc(=O)n(CC(=O)Nc2c(C)cccc2C(=O)N2CCCC2)c1. The van der Waals surface area contributed by atoms with Gasteiger partial charge in [0.15, 0.2) is 0 Å². The smallest absolute Gasteiger partial charge is 0.255 e. The molecule has 1 aromatic carbocycles. The summed E-state index contributed by atoms with van der Waals surface area (Å²) in [4.78, 5) is 39.8. The average Bonchev–Trinajstić information content (AvgIpc) is 3.31. The van der Waals surface area contributed by atoms with Gasteiger partial charge in [-0.2, -0.15) is 4.31 Å². The first-order valence-electron chi connectivity index (χ1n) is 11.1. The van der Waals surface area contributed by atoms with Gasteiger partial charge < -0.3 is 14.8 Å². The third-order valence-corrected chi connectivity index (χ3v) is 7.81. The summed E-state index contributed by atoms with van der Waals surface area (Å²) in [5.41, 5.74) is 1.02. The van der Waals surface area contributed by atoms with E-state index in [0.717, 1.165) is 29.0 Å². The Bertz CT molecular complexity index is 1200. The van der Waals surface area contributed by atoms with E-state index in [0.29, 0.717) is 37.4 Å². The molecule has 0 spiro atoms. The van der Waals surface area contributed by atoms with E-state index >= 15 is 0 Å². The topological polar surface area (TPSA) is 109 Å². The first kappa shape index (κ1) is 24.7. The molecule has 1 aliphatic rings. The molecule has 0 aliphatic carbocycles. The van der Waals surface area contributed by atoms with Crippen molar-refractivity contribution in [2.24, 2.45) is 0 Å². The van der Waals surface area contributed by atoms with Crippen LogP contribution in [0.15, 0.2) is 46.2 Å². The molecular weight excluding hydrogens is 444 g/mol. The molecule has 0 radical (unpaired) electrons. The van der Waals surface area contributed by atoms with Gasteiger partial charge in [-0.15, -0.1) is 0 Å². The molecule has 1 aliphatic heterocycles. The van der Waals surface area contributed by atoms with Gasteiger partial charge >= 0.3 is 0 Å². The van der Waals surface area contributed by atoms with E-state index in [1.54, 1.807) is 43.9 Å². The molecule has 2 amide bonds. The van der Waals surface area contributed by atoms with Gasteiger partial charge in [-0.05, 0) is 37.5 Å². The van der Waals surface area contributed by atoms with Crippen LogP contribution < -0.4 is 10.9 Å². The minimum atomic E-state index is -3.78. The van der Waals surface area contributed by atoms with Gasteiger partial charge in [-0.3, -0.25) is 14.4 Å². The Morgan fingerprint density at radius 2 is 1.73 bits per heavy atom. The first-order valence-corrected chi connectivity index (χ1v) is 12.5. The van der Waals surface area contributed by atoms with Crippen LogP contribution in [0.1, 0.15) is 42.6 Å². The quantitative estimate of drug-likeness (QED) is 0.630. The largest absolute Gasteiger partial charge is 0.339 e. The molecule has 33 heavy (non-hydrogen) atoms. The van der Waals surface area contributed by atoms with Gasteiger partial charge in [0.2, 0.25) is 15.9 Å². The van der Waals surface area contributed by atoms with Crippen molar-refractivity contribution in [1.82, 2.24) is 13.8 Å². The number of carbonyl (C=O) groups excluding carboxylic acids is 2. The average molecular weight is 475 g/mol. The third-order valence-electron chi connectivity index (χ3n) is 5.77. The van der Waals surface area contributed by atoms with Crippen LogP contribution in [0.2, 0.25) is 0 Å². The van der Waals surface area contributed by atoms with Crippen LogP contribution in [0.3, 0.4) is 0 Å². The Hall–Kier alpha value is -2.98. The molecule has 1 N–H and O–H groups in total. The fraction of sp³-hybridized carbons (Fsp3) is 0.435. The maximum absolute atomic E-state index is 12.9. The van der Waals surface area contributed by atoms with Crippen LogP contribution in [0, 0.1) is 6.92 Å². The van der Waals surface area contributed by atoms with Crippen molar-refractivity contribution >= 4 is 27.5 Å². The summed E-state index contributed by atoms with van der Waals surface area (Å²) in [6.45, 7) is 6.82. The van der Waals surface area contributed by atoms with Gasteiger partial charge in [0.05, 0.1) is 16.1 Å². The molecule has 2 heterocycles. The number of hydrogen-bond donors (Lipinski definition) is 1. The van der Waals surface area contributed by atoms with E-state index in [1.807, 2.05) is 0 Å². The number of carbonyl (C=O) groups is 2. The van der Waals surface area contributed by atoms with Crippen LogP contribution in [0.25, 0.3) is 0 Å². The summed E-state index contributed by atoms with van der Waals surface area (Å²) in [6, 6.07) is 7.62. The lowest BCUT2D eigenvalue weighted by molar-refractivity contribution is -0.116. The molecule has 10 heteroatoms. The highest BCUT2D eigenvalue weighted by atomic mass is 32.2. The van der Waals surface area contributed by atoms with Crippen molar-refractivity contribution in [2.75, 3.05) is 31.5 Å². The summed E-state index contributed by atoms with van der Waals surface area (Å²) in [6.07, 6.45) is 3.09. The highest BCUT2D eigenvalue weighted by molar-refractivity contribution is 7.89. The monoisotopic (exact) mass is 474 g/mol. The number of sulfonamides is 1. The van der Waals surface area contributed by atoms with Crippen LogP contribution in [-0.4, -0.2) is 60.2 Å². The minimum absolute atomic E-state index is 0.0561. The number of aromatic nitrogens is 1. The van der Waals surface area contributed by atoms with Crippen molar-refractivity contribution in [2.45, 2.75) is 45.1 Å². The predicted octanol–water partition coefficient (Wildman–Crippen LogP) is 2.06. The van der Waals surface area contributed by atoms with Crippen LogP contribution in [0.4, 0.5) is 5.69 Å². The van der Waals surface area contributed by atoms with E-state index in [2.05, 4.69) is 5.32 Å². The number of nitrogens with one attached hydrogen (secondary N) is 1. The Labute approximate surface area is 194 Å². The number of pyridine rings is 1. The zero-order chi connectivity index (χ0) is 24.2. The number of amides is 2. The number of nitrogens with zero attached hydrogens (tertiary/aromatic N) is 3. The van der Waals surface area contributed by atoms with E-state index < -0.39 is 21.5 Å². The highest BCUT2D eigenvalue weighted by Crippen LogP contribution is 2.24. The number of anilines is 1. The second-order valence-corrected chi connectivity index (χ2v) is 9.90. The standard InChI is InChI=1S/C23H30N4O5S/c1-4-27(5-2)33(31,32)18-11-12-21(29)26(15-18)16-20(28)24-22-17(3)9-8-10-19(22)23(30)25-13-6-7-14-25/h8-12,15H,4-7,13-14,16H2,1-3H3,(H,24,28). The molecule has 3 rings (SSSR count). The van der Waals surface area contributed by atoms with Crippen LogP contribution in [0.5, 0.6) is 0 Å². The molecule has 2 aromatic rings. The summed E-state index contributed by atoms with van der Waals surface area (Å²) in [5, 5.41) is 2.76. The fourth-order valence-electron chi connectivity index (χ4n) is 3.93. The Morgan fingerprint density at radius 1 is 1.06 bits per heavy atom. The number of rotatable bonds is 8. The van der Waals surface area contributed by atoms with Gasteiger partial charge in [0, 0.05) is 38.4 Å². The lowest BCUT2D eigenvalue weighted by atomic mass is 10.1. The molecule has 0 atom stereocenters. The molecule has 0 bridgehead atoms. The molecule has 0 saturated carbocycles. The van der Waals surface area contributed by atoms with E-state index in [9.17, 15) is 22.8 Å². The number of benzene rings is 1. The van der Waals surface area contributed by atoms with Crippen LogP contribution in [-0.2, 0) is 21.4 Å². The van der Waals surface area contributed by atoms with Crippen molar-refractivity contribution in [3.8, 4) is 0 Å². The molecule has 1 fully saturated rings. The first-order chi connectivity index (χ1) is 15.7. The highest BCUT2D eigenvalue weighted by Gasteiger charge is 2.25. The normalized spacial score (nSPS) is 14.0. The number of hydrogen-bond acceptors (Lipinski definition) is 5. The zero-order valence-corrected chi connectivity index (χ0v) is 20.0. The van der Waals surface area contributed by atoms with Crippen molar-refractivity contribution in [3.63, 3.8) is 0 Å². The molecule has 0 unspecified atom stereocenters. The van der Waals surface area contributed by atoms with E-state index in [-0.39, 0.29) is 17.3 Å². The molecule has 9 nitrogen and oxygen atoms in total. The maximum atomic E-state index is 12.9. The van der Waals surface area contributed by atoms with Gasteiger partial charge in [0.25, 0.3) is 11.5 Å². The summed E-state index contributed by atoms with van der Waals surface area (Å²) < 4.78 is 27.9. The lowest BCUT2D eigenvalue weighted by Gasteiger charge is -2.20. The molecule has 178 valence electrons. The predicted molar refractivity (Wildman–Crippen MR) is 126 cm³/mol. The zero-order valence-electron chi connectivity index (χ0n) is 19.2. The van der Waals surface area contributed by atoms with Crippen molar-refractivity contribution < 1.29 is 18.0 Å². The van der Waals surface area contributed by atoms with E-state index in [1.165, 1.54) is 16.6 Å². The second kappa shape index (κ2) is 10.3. The summed E-state index contributed by atoms with van der Waals surface area (Å²) >= 11 is 0. The van der Waals surface area contributed by atoms with Gasteiger partial charge in [-0.1, -0.05) is 26.0 Å². The number of para-hydroxylation sites is 1. The summed E-state index contributed by atoms with van der Waals surface area (Å²) in [7, 11) is -3.78. The molecule has 1 saturated heterocycles. The van der Waals surface area contributed by atoms with E-state index in [4.69, 9.17) is 0 Å². The molecular formula is C23H30N4O5S. The summed E-state index contributed by atoms with van der Waals surface area (Å²) in [5.74, 6) is -0.671. The minimum Gasteiger partial charge on any atom is -0.339 e. The Balaban J connectivity index is 1.85. The Morgan fingerprint density at radius 3 is 2.36 bits per heavy atom. The van der Waals surface area contributed by atoms with Crippen molar-refractivity contribution in [3.05, 3.63) is 58.0 Å². The van der Waals surface area contributed by atoms with Crippen molar-refractivity contribution in [1.29, 1.82) is 0 Å². The maximum Gasteiger partial charge on any atom is 0.255 e. The fourth-order valence-corrected chi connectivity index (χ4v) is 5.41. The lowest BCUT2D eigenvalue weighted by Crippen LogP contribution is -2.33. The second-order valence-electron chi connectivity index (χ2n) is 7.97. The van der Waals surface area contributed by atoms with Gasteiger partial charge in [-0.25, -0.2) is 8.42 Å². The Kier molecular flexibility index (Phi) is 7.70. The third kappa shape index (κ3) is 5.33.